The Morgan fingerprint density at radius 3 is 2.80 bits per heavy atom. The smallest absolute Gasteiger partial charge is 0.120 e. The summed E-state index contributed by atoms with van der Waals surface area (Å²) in [5, 5.41) is 3.52. The van der Waals surface area contributed by atoms with E-state index in [2.05, 4.69) is 19.2 Å². The Balaban J connectivity index is 1.73. The Morgan fingerprint density at radius 2 is 2.27 bits per heavy atom. The molecule has 0 atom stereocenters. The second-order valence-electron chi connectivity index (χ2n) is 4.88. The molecule has 0 radical (unpaired) electrons. The maximum absolute atomic E-state index is 5.40. The molecule has 0 aliphatic heterocycles. The largest absolute Gasteiger partial charge is 0.468 e. The Labute approximate surface area is 92.1 Å². The van der Waals surface area contributed by atoms with Gasteiger partial charge in [0.1, 0.15) is 5.76 Å². The van der Waals surface area contributed by atoms with Crippen LogP contribution >= 0.6 is 0 Å². The molecule has 2 heteroatoms. The summed E-state index contributed by atoms with van der Waals surface area (Å²) in [6.07, 6.45) is 7.26. The van der Waals surface area contributed by atoms with Gasteiger partial charge >= 0.3 is 0 Å². The van der Waals surface area contributed by atoms with Crippen LogP contribution in [0.25, 0.3) is 0 Å². The van der Waals surface area contributed by atoms with Gasteiger partial charge in [0.2, 0.25) is 0 Å². The second-order valence-corrected chi connectivity index (χ2v) is 4.88. The van der Waals surface area contributed by atoms with Crippen molar-refractivity contribution in [2.75, 3.05) is 6.54 Å². The van der Waals surface area contributed by atoms with E-state index in [4.69, 9.17) is 4.42 Å². The van der Waals surface area contributed by atoms with E-state index in [1.54, 1.807) is 6.26 Å². The standard InChI is InChI=1S/C13H21NO/c1-3-5-13(6-7-13)10-14-9-12-11(2)4-8-15-12/h4,8,14H,3,5-7,9-10H2,1-2H3. The molecule has 0 bridgehead atoms. The van der Waals surface area contributed by atoms with Gasteiger partial charge in [0, 0.05) is 6.54 Å². The highest BCUT2D eigenvalue weighted by Gasteiger charge is 2.40. The summed E-state index contributed by atoms with van der Waals surface area (Å²) in [5.41, 5.74) is 1.89. The summed E-state index contributed by atoms with van der Waals surface area (Å²) < 4.78 is 5.40. The van der Waals surface area contributed by atoms with Gasteiger partial charge in [0.15, 0.2) is 0 Å². The van der Waals surface area contributed by atoms with Crippen molar-refractivity contribution in [3.8, 4) is 0 Å². The minimum atomic E-state index is 0.634. The lowest BCUT2D eigenvalue weighted by molar-refractivity contribution is 0.400. The molecule has 1 fully saturated rings. The Bertz CT molecular complexity index is 312. The first-order valence-corrected chi connectivity index (χ1v) is 5.99. The minimum Gasteiger partial charge on any atom is -0.468 e. The molecule has 1 aliphatic rings. The molecule has 84 valence electrons. The zero-order valence-electron chi connectivity index (χ0n) is 9.81. The normalized spacial score (nSPS) is 18.0. The number of rotatable bonds is 6. The van der Waals surface area contributed by atoms with Gasteiger partial charge in [-0.15, -0.1) is 0 Å². The van der Waals surface area contributed by atoms with Gasteiger partial charge in [-0.3, -0.25) is 0 Å². The second kappa shape index (κ2) is 4.40. The summed E-state index contributed by atoms with van der Waals surface area (Å²) in [6, 6.07) is 2.02. The quantitative estimate of drug-likeness (QED) is 0.774. The number of hydrogen-bond acceptors (Lipinski definition) is 2. The average molecular weight is 207 g/mol. The first-order valence-electron chi connectivity index (χ1n) is 5.99. The molecule has 0 saturated heterocycles. The lowest BCUT2D eigenvalue weighted by Crippen LogP contribution is -2.23. The fraction of sp³-hybridized carbons (Fsp3) is 0.692. The van der Waals surface area contributed by atoms with Gasteiger partial charge in [-0.05, 0) is 43.2 Å². The Kier molecular flexibility index (Phi) is 3.15. The SMILES string of the molecule is CCCC1(CNCc2occc2C)CC1. The van der Waals surface area contributed by atoms with E-state index in [0.29, 0.717) is 5.41 Å². The Hall–Kier alpha value is -0.760. The van der Waals surface area contributed by atoms with Crippen molar-refractivity contribution < 1.29 is 4.42 Å². The highest BCUT2D eigenvalue weighted by molar-refractivity contribution is 5.14. The van der Waals surface area contributed by atoms with Crippen molar-refractivity contribution in [3.05, 3.63) is 23.7 Å². The first-order chi connectivity index (χ1) is 7.26. The summed E-state index contributed by atoms with van der Waals surface area (Å²) in [5.74, 6) is 1.09. The van der Waals surface area contributed by atoms with Gasteiger partial charge in [0.25, 0.3) is 0 Å². The fourth-order valence-electron chi connectivity index (χ4n) is 2.25. The third-order valence-electron chi connectivity index (χ3n) is 3.49. The third kappa shape index (κ3) is 2.63. The van der Waals surface area contributed by atoms with E-state index < -0.39 is 0 Å². The highest BCUT2D eigenvalue weighted by Crippen LogP contribution is 2.48. The highest BCUT2D eigenvalue weighted by atomic mass is 16.3. The van der Waals surface area contributed by atoms with Crippen molar-refractivity contribution in [2.45, 2.75) is 46.1 Å². The number of aryl methyl sites for hydroxylation is 1. The summed E-state index contributed by atoms with van der Waals surface area (Å²) in [6.45, 7) is 6.40. The van der Waals surface area contributed by atoms with Crippen LogP contribution in [0.2, 0.25) is 0 Å². The molecule has 1 aromatic rings. The van der Waals surface area contributed by atoms with Crippen LogP contribution in [0, 0.1) is 12.3 Å². The summed E-state index contributed by atoms with van der Waals surface area (Å²) in [7, 11) is 0. The van der Waals surface area contributed by atoms with Crippen LogP contribution in [0.5, 0.6) is 0 Å². The van der Waals surface area contributed by atoms with Crippen LogP contribution in [0.15, 0.2) is 16.7 Å². The molecule has 1 heterocycles. The van der Waals surface area contributed by atoms with E-state index in [0.717, 1.165) is 18.8 Å². The third-order valence-corrected chi connectivity index (χ3v) is 3.49. The van der Waals surface area contributed by atoms with Crippen molar-refractivity contribution >= 4 is 0 Å². The maximum Gasteiger partial charge on any atom is 0.120 e. The van der Waals surface area contributed by atoms with Gasteiger partial charge in [-0.1, -0.05) is 13.3 Å². The molecule has 1 aromatic heterocycles. The average Bonchev–Trinajstić information content (AvgIpc) is 2.85. The minimum absolute atomic E-state index is 0.634. The number of nitrogens with one attached hydrogen (secondary N) is 1. The molecular formula is C13H21NO. The van der Waals surface area contributed by atoms with Crippen LogP contribution in [0.3, 0.4) is 0 Å². The molecule has 0 amide bonds. The number of furan rings is 1. The van der Waals surface area contributed by atoms with E-state index in [1.165, 1.54) is 31.2 Å². The lowest BCUT2D eigenvalue weighted by Gasteiger charge is -2.14. The van der Waals surface area contributed by atoms with Crippen LogP contribution in [0.4, 0.5) is 0 Å². The topological polar surface area (TPSA) is 25.2 Å². The summed E-state index contributed by atoms with van der Waals surface area (Å²) >= 11 is 0. The molecule has 0 aromatic carbocycles. The lowest BCUT2D eigenvalue weighted by atomic mass is 10.0. The van der Waals surface area contributed by atoms with E-state index in [-0.39, 0.29) is 0 Å². The predicted molar refractivity (Wildman–Crippen MR) is 61.7 cm³/mol. The van der Waals surface area contributed by atoms with Crippen LogP contribution < -0.4 is 5.32 Å². The molecule has 2 nitrogen and oxygen atoms in total. The molecule has 1 N–H and O–H groups in total. The van der Waals surface area contributed by atoms with Crippen molar-refractivity contribution in [1.29, 1.82) is 0 Å². The van der Waals surface area contributed by atoms with Crippen molar-refractivity contribution in [2.24, 2.45) is 5.41 Å². The molecule has 0 spiro atoms. The monoisotopic (exact) mass is 207 g/mol. The van der Waals surface area contributed by atoms with E-state index in [1.807, 2.05) is 6.07 Å². The molecule has 1 aliphatic carbocycles. The molecule has 2 rings (SSSR count). The molecule has 0 unspecified atom stereocenters. The van der Waals surface area contributed by atoms with Gasteiger partial charge in [0.05, 0.1) is 12.8 Å². The van der Waals surface area contributed by atoms with E-state index >= 15 is 0 Å². The Morgan fingerprint density at radius 1 is 1.47 bits per heavy atom. The molecule has 1 saturated carbocycles. The molecule has 15 heavy (non-hydrogen) atoms. The van der Waals surface area contributed by atoms with Crippen LogP contribution in [-0.4, -0.2) is 6.54 Å². The van der Waals surface area contributed by atoms with Crippen LogP contribution in [-0.2, 0) is 6.54 Å². The zero-order chi connectivity index (χ0) is 10.7. The first kappa shape index (κ1) is 10.7. The maximum atomic E-state index is 5.40. The van der Waals surface area contributed by atoms with Gasteiger partial charge in [-0.2, -0.15) is 0 Å². The number of hydrogen-bond donors (Lipinski definition) is 1. The van der Waals surface area contributed by atoms with E-state index in [9.17, 15) is 0 Å². The summed E-state index contributed by atoms with van der Waals surface area (Å²) in [4.78, 5) is 0. The van der Waals surface area contributed by atoms with Crippen LogP contribution in [0.1, 0.15) is 43.9 Å². The zero-order valence-corrected chi connectivity index (χ0v) is 9.81. The van der Waals surface area contributed by atoms with Gasteiger partial charge in [-0.25, -0.2) is 0 Å². The predicted octanol–water partition coefficient (Wildman–Crippen LogP) is 3.26. The van der Waals surface area contributed by atoms with Crippen molar-refractivity contribution in [1.82, 2.24) is 5.32 Å². The fourth-order valence-corrected chi connectivity index (χ4v) is 2.25. The van der Waals surface area contributed by atoms with Gasteiger partial charge < -0.3 is 9.73 Å². The molecular weight excluding hydrogens is 186 g/mol. The van der Waals surface area contributed by atoms with Crippen molar-refractivity contribution in [3.63, 3.8) is 0 Å².